The maximum Gasteiger partial charge on any atom is 2.00 e. The number of aromatic nitrogens is 4. The number of benzene rings is 2. The third-order valence-corrected chi connectivity index (χ3v) is 7.31. The van der Waals surface area contributed by atoms with Gasteiger partial charge in [0.25, 0.3) is 0 Å². The van der Waals surface area contributed by atoms with E-state index >= 15 is 0 Å². The normalized spacial score (nSPS) is 11.9. The first kappa shape index (κ1) is 24.5. The first-order chi connectivity index (χ1) is 18.2. The summed E-state index contributed by atoms with van der Waals surface area (Å²) in [5, 5.41) is 0. The Balaban J connectivity index is 0.00000264. The van der Waals surface area contributed by atoms with Gasteiger partial charge in [0.2, 0.25) is 0 Å². The molecule has 5 aromatic rings. The fraction of sp³-hybridized carbons (Fsp3) is 0. The molecule has 8 bridgehead atoms. The average Bonchev–Trinajstić information content (AvgIpc) is 3.74. The number of fused-ring (bicyclic) bond motifs is 8. The van der Waals surface area contributed by atoms with Crippen molar-refractivity contribution in [2.75, 3.05) is 0 Å². The van der Waals surface area contributed by atoms with E-state index in [0.717, 1.165) is 71.6 Å². The molecule has 6 heteroatoms. The van der Waals surface area contributed by atoms with E-state index < -0.39 is 0 Å². The zero-order chi connectivity index (χ0) is 24.8. The van der Waals surface area contributed by atoms with Crippen LogP contribution in [0.2, 0.25) is 0 Å². The average molecular weight is 605 g/mol. The largest absolute Gasteiger partial charge is 2.00 e. The Labute approximate surface area is 241 Å². The summed E-state index contributed by atoms with van der Waals surface area (Å²) in [6.45, 7) is 0. The number of halogens is 1. The third kappa shape index (κ3) is 4.40. The minimum absolute atomic E-state index is 0. The molecule has 2 aliphatic rings. The molecule has 5 heterocycles. The zero-order valence-electron chi connectivity index (χ0n) is 20.3. The number of hydrogen-bond acceptors (Lipinski definition) is 2. The van der Waals surface area contributed by atoms with Gasteiger partial charge in [0.05, 0.1) is 22.8 Å². The molecule has 2 aliphatic heterocycles. The maximum absolute atomic E-state index is 5.00. The van der Waals surface area contributed by atoms with Crippen molar-refractivity contribution in [3.63, 3.8) is 0 Å². The van der Waals surface area contributed by atoms with Crippen LogP contribution in [0.4, 0.5) is 0 Å². The Morgan fingerprint density at radius 1 is 0.500 bits per heavy atom. The monoisotopic (exact) mass is 602 g/mol. The van der Waals surface area contributed by atoms with Crippen LogP contribution in [0.15, 0.2) is 95.5 Å². The van der Waals surface area contributed by atoms with Crippen molar-refractivity contribution >= 4 is 62.3 Å². The van der Waals surface area contributed by atoms with Gasteiger partial charge < -0.3 is 9.97 Å². The van der Waals surface area contributed by atoms with Crippen LogP contribution in [0.1, 0.15) is 22.8 Å². The molecular weight excluding hydrogens is 586 g/mol. The van der Waals surface area contributed by atoms with Crippen LogP contribution in [0.25, 0.3) is 68.6 Å². The van der Waals surface area contributed by atoms with E-state index in [-0.39, 0.29) is 19.5 Å². The Kier molecular flexibility index (Phi) is 6.52. The van der Waals surface area contributed by atoms with Gasteiger partial charge in [-0.3, -0.25) is 0 Å². The summed E-state index contributed by atoms with van der Waals surface area (Å²) < 4.78 is 0.845. The topological polar surface area (TPSA) is 54.0 Å². The Hall–Kier alpha value is -3.86. The van der Waals surface area contributed by atoms with E-state index in [1.54, 1.807) is 0 Å². The molecule has 0 N–H and O–H groups in total. The Morgan fingerprint density at radius 2 is 0.921 bits per heavy atom. The van der Waals surface area contributed by atoms with E-state index in [1.807, 2.05) is 78.9 Å². The van der Waals surface area contributed by atoms with Crippen molar-refractivity contribution in [2.45, 2.75) is 0 Å². The van der Waals surface area contributed by atoms with E-state index in [2.05, 4.69) is 52.3 Å². The predicted molar refractivity (Wildman–Crippen MR) is 155 cm³/mol. The molecule has 0 radical (unpaired) electrons. The molecule has 7 rings (SSSR count). The third-order valence-electron chi connectivity index (χ3n) is 6.50. The van der Waals surface area contributed by atoms with E-state index in [0.29, 0.717) is 0 Å². The van der Waals surface area contributed by atoms with E-state index in [1.165, 1.54) is 0 Å². The van der Waals surface area contributed by atoms with Gasteiger partial charge in [-0.05, 0) is 57.1 Å². The van der Waals surface area contributed by atoms with Crippen LogP contribution in [0.3, 0.4) is 0 Å². The van der Waals surface area contributed by atoms with Crippen LogP contribution in [-0.2, 0) is 19.5 Å². The van der Waals surface area contributed by atoms with Crippen molar-refractivity contribution in [3.05, 3.63) is 118 Å². The molecule has 0 unspecified atom stereocenters. The molecule has 0 saturated heterocycles. The molecule has 2 aromatic carbocycles. The number of nitrogens with zero attached hydrogens (tertiary/aromatic N) is 4. The molecule has 0 spiro atoms. The second-order valence-corrected chi connectivity index (χ2v) is 9.68. The van der Waals surface area contributed by atoms with Gasteiger partial charge >= 0.3 is 19.5 Å². The second-order valence-electron chi connectivity index (χ2n) is 8.88. The molecule has 176 valence electrons. The molecule has 38 heavy (non-hydrogen) atoms. The van der Waals surface area contributed by atoms with Gasteiger partial charge in [0.15, 0.2) is 0 Å². The van der Waals surface area contributed by atoms with E-state index in [9.17, 15) is 0 Å². The van der Waals surface area contributed by atoms with Crippen molar-refractivity contribution < 1.29 is 19.5 Å². The summed E-state index contributed by atoms with van der Waals surface area (Å²) in [5.41, 5.74) is 11.0. The molecule has 3 aromatic heterocycles. The van der Waals surface area contributed by atoms with Crippen molar-refractivity contribution in [2.24, 2.45) is 0 Å². The molecule has 4 nitrogen and oxygen atoms in total. The smallest absolute Gasteiger partial charge is 0.656 e. The summed E-state index contributed by atoms with van der Waals surface area (Å²) in [7, 11) is 0. The molecule has 0 aliphatic carbocycles. The minimum Gasteiger partial charge on any atom is -0.656 e. The van der Waals surface area contributed by atoms with Crippen LogP contribution >= 0.6 is 15.9 Å². The Morgan fingerprint density at radius 3 is 1.37 bits per heavy atom. The SMILES string of the molecule is Brc1c2ccc([n-]2)c(-c2ccccc2)c2nc(cc3nc(c(-c4ccccc4)c4ccc1[n-]4)C=C3)C=C2.[Zn+2]. The van der Waals surface area contributed by atoms with Crippen molar-refractivity contribution in [3.8, 4) is 22.3 Å². The fourth-order valence-electron chi connectivity index (χ4n) is 4.79. The second kappa shape index (κ2) is 10.1. The quantitative estimate of drug-likeness (QED) is 0.188. The molecule has 0 saturated carbocycles. The first-order valence-corrected chi connectivity index (χ1v) is 12.8. The fourth-order valence-corrected chi connectivity index (χ4v) is 5.23. The van der Waals surface area contributed by atoms with Gasteiger partial charge in [0, 0.05) is 0 Å². The first-order valence-electron chi connectivity index (χ1n) is 12.0. The predicted octanol–water partition coefficient (Wildman–Crippen LogP) is 8.01. The summed E-state index contributed by atoms with van der Waals surface area (Å²) in [4.78, 5) is 19.9. The Bertz CT molecular complexity index is 1750. The summed E-state index contributed by atoms with van der Waals surface area (Å²) in [6, 6.07) is 30.7. The molecule has 0 fully saturated rings. The van der Waals surface area contributed by atoms with Crippen molar-refractivity contribution in [1.82, 2.24) is 19.9 Å². The van der Waals surface area contributed by atoms with E-state index in [4.69, 9.17) is 19.9 Å². The minimum atomic E-state index is 0. The summed E-state index contributed by atoms with van der Waals surface area (Å²) in [5.74, 6) is 0. The standard InChI is InChI=1S/C32H19BrN4.Zn/c33-32-28-17-15-26(36-28)30(20-7-3-1-4-8-20)24-13-11-22(34-24)19-23-12-14-25(35-23)31(21-9-5-2-6-10-21)27-16-18-29(32)37-27;/h1-19H;/q-2;+2. The van der Waals surface area contributed by atoms with Crippen LogP contribution in [0.5, 0.6) is 0 Å². The molecule has 0 amide bonds. The number of rotatable bonds is 2. The van der Waals surface area contributed by atoms with Crippen molar-refractivity contribution in [1.29, 1.82) is 0 Å². The van der Waals surface area contributed by atoms with Gasteiger partial charge in [-0.25, -0.2) is 9.97 Å². The van der Waals surface area contributed by atoms with Gasteiger partial charge in [-0.1, -0.05) is 101 Å². The van der Waals surface area contributed by atoms with Crippen LogP contribution in [-0.4, -0.2) is 9.97 Å². The number of hydrogen-bond donors (Lipinski definition) is 0. The van der Waals surface area contributed by atoms with Gasteiger partial charge in [-0.15, -0.1) is 22.1 Å². The van der Waals surface area contributed by atoms with Crippen LogP contribution < -0.4 is 9.97 Å². The molecular formula is C32H19BrN4Zn. The summed E-state index contributed by atoms with van der Waals surface area (Å²) in [6.07, 6.45) is 8.16. The van der Waals surface area contributed by atoms with Crippen LogP contribution in [0, 0.1) is 0 Å². The molecule has 0 atom stereocenters. The van der Waals surface area contributed by atoms with Gasteiger partial charge in [0.1, 0.15) is 0 Å². The van der Waals surface area contributed by atoms with Gasteiger partial charge in [-0.2, -0.15) is 0 Å². The summed E-state index contributed by atoms with van der Waals surface area (Å²) >= 11 is 3.79. The maximum atomic E-state index is 5.00. The zero-order valence-corrected chi connectivity index (χ0v) is 24.9.